The molecule has 3 rings (SSSR count). The summed E-state index contributed by atoms with van der Waals surface area (Å²) in [5.41, 5.74) is 8.24. The molecular weight excluding hydrogens is 554 g/mol. The Morgan fingerprint density at radius 2 is 1.55 bits per heavy atom. The number of halogens is 1. The first-order valence-electron chi connectivity index (χ1n) is 14.1. The van der Waals surface area contributed by atoms with Crippen LogP contribution in [0.3, 0.4) is 0 Å². The van der Waals surface area contributed by atoms with Crippen LogP contribution in [0.15, 0.2) is 42.5 Å². The maximum atomic E-state index is 13.3. The number of methoxy groups -OCH3 is 1. The highest BCUT2D eigenvalue weighted by Crippen LogP contribution is 2.31. The summed E-state index contributed by atoms with van der Waals surface area (Å²) >= 11 is 5.99. The van der Waals surface area contributed by atoms with E-state index in [0.29, 0.717) is 22.9 Å². The van der Waals surface area contributed by atoms with E-state index < -0.39 is 16.1 Å². The van der Waals surface area contributed by atoms with Gasteiger partial charge in [-0.1, -0.05) is 63.0 Å². The van der Waals surface area contributed by atoms with Crippen molar-refractivity contribution in [2.45, 2.75) is 77.6 Å². The maximum Gasteiger partial charge on any atom is 0.262 e. The molecule has 0 radical (unpaired) electrons. The molecule has 0 spiro atoms. The molecule has 9 heteroatoms. The van der Waals surface area contributed by atoms with E-state index >= 15 is 0 Å². The van der Waals surface area contributed by atoms with Crippen LogP contribution in [0.1, 0.15) is 34.5 Å². The van der Waals surface area contributed by atoms with Crippen molar-refractivity contribution in [2.75, 3.05) is 20.2 Å². The molecule has 0 unspecified atom stereocenters. The zero-order chi connectivity index (χ0) is 30.1. The Morgan fingerprint density at radius 3 is 2.08 bits per heavy atom. The van der Waals surface area contributed by atoms with Crippen LogP contribution in [0, 0.1) is 6.92 Å². The van der Waals surface area contributed by atoms with E-state index in [1.807, 2.05) is 25.1 Å². The highest BCUT2D eigenvalue weighted by molar-refractivity contribution is 6.76. The minimum atomic E-state index is -1.12. The molecule has 0 aliphatic heterocycles. The number of carbonyl (C=O) groups is 2. The Bertz CT molecular complexity index is 1280. The number of hydrogen-bond acceptors (Lipinski definition) is 4. The fourth-order valence-corrected chi connectivity index (χ4v) is 7.13. The highest BCUT2D eigenvalue weighted by atomic mass is 35.5. The van der Waals surface area contributed by atoms with Crippen molar-refractivity contribution in [3.8, 4) is 5.75 Å². The van der Waals surface area contributed by atoms with E-state index in [1.54, 1.807) is 35.9 Å². The Balaban J connectivity index is 0.000000611. The van der Waals surface area contributed by atoms with Gasteiger partial charge in [0.2, 0.25) is 5.91 Å². The topological polar surface area (TPSA) is 86.3 Å². The number of nitrogens with zero attached hydrogens (tertiary/aromatic N) is 1. The van der Waals surface area contributed by atoms with Crippen LogP contribution in [0.2, 0.25) is 56.4 Å². The smallest absolute Gasteiger partial charge is 0.262 e. The van der Waals surface area contributed by atoms with E-state index in [0.717, 1.165) is 35.1 Å². The molecule has 40 heavy (non-hydrogen) atoms. The second-order valence-electron chi connectivity index (χ2n) is 12.7. The van der Waals surface area contributed by atoms with Gasteiger partial charge in [0.25, 0.3) is 5.91 Å². The van der Waals surface area contributed by atoms with Crippen molar-refractivity contribution in [3.63, 3.8) is 0 Å². The van der Waals surface area contributed by atoms with Gasteiger partial charge in [0.15, 0.2) is 0 Å². The Hall–Kier alpha value is -2.40. The van der Waals surface area contributed by atoms with Gasteiger partial charge in [-0.05, 0) is 74.3 Å². The lowest BCUT2D eigenvalue weighted by Gasteiger charge is -2.15. The quantitative estimate of drug-likeness (QED) is 0.177. The van der Waals surface area contributed by atoms with Gasteiger partial charge < -0.3 is 15.8 Å². The third-order valence-corrected chi connectivity index (χ3v) is 10.7. The first-order valence-corrected chi connectivity index (χ1v) is 21.9. The molecule has 6 nitrogen and oxygen atoms in total. The van der Waals surface area contributed by atoms with E-state index in [9.17, 15) is 9.59 Å². The summed E-state index contributed by atoms with van der Waals surface area (Å²) in [6.45, 7) is 17.6. The minimum Gasteiger partial charge on any atom is -0.497 e. The largest absolute Gasteiger partial charge is 0.497 e. The lowest BCUT2D eigenvalue weighted by molar-refractivity contribution is -0.120. The lowest BCUT2D eigenvalue weighted by Crippen LogP contribution is -2.28. The van der Waals surface area contributed by atoms with Crippen LogP contribution in [-0.4, -0.2) is 52.7 Å². The lowest BCUT2D eigenvalue weighted by atomic mass is 10.1. The molecule has 0 fully saturated rings. The van der Waals surface area contributed by atoms with Crippen LogP contribution in [0.4, 0.5) is 0 Å². The van der Waals surface area contributed by atoms with Gasteiger partial charge in [0.1, 0.15) is 5.75 Å². The number of nitrogens with one attached hydrogen (secondary N) is 1. The fraction of sp³-hybridized carbons (Fsp3) is 0.484. The average molecular weight is 602 g/mol. The van der Waals surface area contributed by atoms with Crippen molar-refractivity contribution in [1.82, 2.24) is 9.88 Å². The van der Waals surface area contributed by atoms with Crippen LogP contribution in [0.25, 0.3) is 10.9 Å². The number of ether oxygens (including phenoxy) is 1. The second kappa shape index (κ2) is 15.0. The number of fused-ring (bicyclic) bond motifs is 1. The number of amides is 1. The van der Waals surface area contributed by atoms with E-state index in [-0.39, 0.29) is 18.2 Å². The summed E-state index contributed by atoms with van der Waals surface area (Å²) in [4.78, 5) is 26.1. The summed E-state index contributed by atoms with van der Waals surface area (Å²) in [5.74, 6) is 0.492. The normalized spacial score (nSPS) is 11.7. The zero-order valence-electron chi connectivity index (χ0n) is 25.6. The number of carbonyl (C=O) groups excluding carboxylic acids is 2. The third-order valence-electron chi connectivity index (χ3n) is 6.73. The van der Waals surface area contributed by atoms with Crippen LogP contribution < -0.4 is 15.8 Å². The first-order chi connectivity index (χ1) is 18.7. The van der Waals surface area contributed by atoms with Crippen molar-refractivity contribution in [1.29, 1.82) is 0 Å². The van der Waals surface area contributed by atoms with Crippen molar-refractivity contribution >= 4 is 50.5 Å². The molecule has 0 bridgehead atoms. The maximum absolute atomic E-state index is 13.3. The van der Waals surface area contributed by atoms with E-state index in [4.69, 9.17) is 22.1 Å². The van der Waals surface area contributed by atoms with Gasteiger partial charge in [-0.15, -0.1) is 0 Å². The zero-order valence-corrected chi connectivity index (χ0v) is 28.4. The second-order valence-corrected chi connectivity index (χ2v) is 24.4. The molecule has 0 aliphatic carbocycles. The number of aromatic nitrogens is 1. The number of benzene rings is 2. The molecule has 0 saturated carbocycles. The molecule has 0 saturated heterocycles. The predicted molar refractivity (Wildman–Crippen MR) is 176 cm³/mol. The number of rotatable bonds is 11. The summed E-state index contributed by atoms with van der Waals surface area (Å²) < 4.78 is 7.07. The molecule has 2 aromatic carbocycles. The fourth-order valence-electron chi connectivity index (χ4n) is 4.50. The van der Waals surface area contributed by atoms with Gasteiger partial charge in [-0.3, -0.25) is 14.2 Å². The Morgan fingerprint density at radius 1 is 0.950 bits per heavy atom. The van der Waals surface area contributed by atoms with E-state index in [2.05, 4.69) is 44.6 Å². The van der Waals surface area contributed by atoms with Crippen LogP contribution in [0.5, 0.6) is 5.75 Å². The van der Waals surface area contributed by atoms with Gasteiger partial charge in [-0.2, -0.15) is 0 Å². The predicted octanol–water partition coefficient (Wildman–Crippen LogP) is 7.36. The van der Waals surface area contributed by atoms with Gasteiger partial charge in [0.05, 0.1) is 19.0 Å². The first kappa shape index (κ1) is 33.8. The average Bonchev–Trinajstić information content (AvgIpc) is 3.15. The molecule has 0 atom stereocenters. The minimum absolute atomic E-state index is 0.0375. The summed E-state index contributed by atoms with van der Waals surface area (Å²) in [7, 11) is -0.271. The molecule has 3 aromatic rings. The van der Waals surface area contributed by atoms with Crippen molar-refractivity contribution in [3.05, 3.63) is 64.3 Å². The molecule has 1 aromatic heterocycles. The van der Waals surface area contributed by atoms with Crippen LogP contribution in [-0.2, 0) is 11.2 Å². The third kappa shape index (κ3) is 10.5. The van der Waals surface area contributed by atoms with Gasteiger partial charge in [-0.25, -0.2) is 0 Å². The number of nitrogens with two attached hydrogens (primary N) is 1. The van der Waals surface area contributed by atoms with Gasteiger partial charge >= 0.3 is 0 Å². The van der Waals surface area contributed by atoms with Gasteiger partial charge in [0, 0.05) is 44.4 Å². The molecule has 0 aliphatic rings. The molecule has 1 amide bonds. The molecule has 3 N–H and O–H groups in total. The Kier molecular flexibility index (Phi) is 12.7. The van der Waals surface area contributed by atoms with Crippen LogP contribution >= 0.6 is 11.6 Å². The highest BCUT2D eigenvalue weighted by Gasteiger charge is 2.22. The van der Waals surface area contributed by atoms with Crippen molar-refractivity contribution in [2.24, 2.45) is 5.73 Å². The molecular formula is C31H48ClN3O3Si2. The standard InChI is InChI=1S/C25H31ClN2O3Si.C6H17NSi/c1-17-21(16-24(29)27-13-6-14-32(3,4)5)22-15-20(31-2)11-12-23(22)28(17)25(30)18-7-9-19(26)10-8-18;1-8(2,3)6-4-5-7/h7-12,15H,6,13-14,16H2,1-5H3,(H,27,29);4-7H2,1-3H3. The summed E-state index contributed by atoms with van der Waals surface area (Å²) in [6, 6.07) is 15.0. The Labute approximate surface area is 247 Å². The monoisotopic (exact) mass is 601 g/mol. The molecule has 1 heterocycles. The van der Waals surface area contributed by atoms with Crippen molar-refractivity contribution < 1.29 is 14.3 Å². The van der Waals surface area contributed by atoms with E-state index in [1.165, 1.54) is 18.5 Å². The SMILES string of the molecule is COc1ccc2c(c1)c(CC(=O)NCCC[Si](C)(C)C)c(C)n2C(=O)c1ccc(Cl)cc1.C[Si](C)(C)CCCN. The number of hydrogen-bond donors (Lipinski definition) is 2. The summed E-state index contributed by atoms with van der Waals surface area (Å²) in [6.07, 6.45) is 2.42. The molecule has 220 valence electrons. The summed E-state index contributed by atoms with van der Waals surface area (Å²) in [5, 5.41) is 4.47.